The van der Waals surface area contributed by atoms with Crippen LogP contribution in [0.1, 0.15) is 36.0 Å². The fourth-order valence-electron chi connectivity index (χ4n) is 2.99. The quantitative estimate of drug-likeness (QED) is 0.433. The Hall–Kier alpha value is -2.41. The van der Waals surface area contributed by atoms with Crippen molar-refractivity contribution in [2.75, 3.05) is 5.32 Å². The summed E-state index contributed by atoms with van der Waals surface area (Å²) in [5.74, 6) is 0. The summed E-state index contributed by atoms with van der Waals surface area (Å²) < 4.78 is 39.2. The monoisotopic (exact) mass is 377 g/mol. The van der Waals surface area contributed by atoms with Gasteiger partial charge in [0, 0.05) is 5.56 Å². The van der Waals surface area contributed by atoms with Crippen LogP contribution in [0.5, 0.6) is 0 Å². The van der Waals surface area contributed by atoms with Crippen LogP contribution in [0.25, 0.3) is 0 Å². The first kappa shape index (κ1) is 18.4. The number of hydrogen-bond donors (Lipinski definition) is 2. The Balaban J connectivity index is 1.75. The maximum absolute atomic E-state index is 13.1. The van der Waals surface area contributed by atoms with Crippen LogP contribution in [0.2, 0.25) is 0 Å². The van der Waals surface area contributed by atoms with Gasteiger partial charge in [0.25, 0.3) is 0 Å². The molecule has 26 heavy (non-hydrogen) atoms. The molecule has 1 aliphatic carbocycles. The van der Waals surface area contributed by atoms with Gasteiger partial charge in [-0.25, -0.2) is 0 Å². The normalized spacial score (nSPS) is 15.9. The molecule has 0 aromatic heterocycles. The van der Waals surface area contributed by atoms with Gasteiger partial charge in [-0.2, -0.15) is 18.3 Å². The van der Waals surface area contributed by atoms with Gasteiger partial charge in [-0.15, -0.1) is 0 Å². The van der Waals surface area contributed by atoms with E-state index in [-0.39, 0.29) is 10.8 Å². The minimum Gasteiger partial charge on any atom is -0.331 e. The summed E-state index contributed by atoms with van der Waals surface area (Å²) in [4.78, 5) is 0. The number of para-hydroxylation sites is 1. The van der Waals surface area contributed by atoms with Gasteiger partial charge in [-0.3, -0.25) is 5.43 Å². The smallest absolute Gasteiger partial charge is 0.331 e. The Morgan fingerprint density at radius 1 is 0.962 bits per heavy atom. The van der Waals surface area contributed by atoms with Crippen molar-refractivity contribution in [3.63, 3.8) is 0 Å². The number of fused-ring (bicyclic) bond motifs is 1. The van der Waals surface area contributed by atoms with Gasteiger partial charge in [-0.1, -0.05) is 36.4 Å². The van der Waals surface area contributed by atoms with Crippen LogP contribution in [0.15, 0.2) is 53.6 Å². The predicted octanol–water partition coefficient (Wildman–Crippen LogP) is 5.12. The molecule has 2 N–H and O–H groups in total. The van der Waals surface area contributed by atoms with Gasteiger partial charge in [0.1, 0.15) is 0 Å². The first-order chi connectivity index (χ1) is 12.4. The highest BCUT2D eigenvalue weighted by Crippen LogP contribution is 2.34. The summed E-state index contributed by atoms with van der Waals surface area (Å²) in [5.41, 5.74) is 4.99. The Morgan fingerprint density at radius 3 is 2.46 bits per heavy atom. The number of halogens is 3. The van der Waals surface area contributed by atoms with Crippen molar-refractivity contribution in [2.24, 2.45) is 5.10 Å². The second-order valence-corrected chi connectivity index (χ2v) is 6.44. The third kappa shape index (κ3) is 4.40. The molecule has 0 saturated carbocycles. The molecule has 1 aliphatic rings. The third-order valence-corrected chi connectivity index (χ3v) is 4.40. The number of hydrogen-bond acceptors (Lipinski definition) is 2. The Bertz CT molecular complexity index is 831. The standard InChI is InChI=1S/C19H18F3N3S/c20-19(21,22)15-10-4-6-12-17(15)23-18(26)25-24-16-11-5-2-8-13-7-1-3-9-14(13)16/h1,3-4,6-7,9-10,12H,2,5,8,11H2,(H2,23,25,26)/b24-16-. The number of rotatable bonds is 2. The van der Waals surface area contributed by atoms with E-state index in [2.05, 4.69) is 21.9 Å². The zero-order valence-electron chi connectivity index (χ0n) is 13.9. The SMILES string of the molecule is FC(F)(F)c1ccccc1NC(=S)N/N=C1/CCCCc2ccccc21. The zero-order chi connectivity index (χ0) is 18.6. The Kier molecular flexibility index (Phi) is 5.56. The number of alkyl halides is 3. The highest BCUT2D eigenvalue weighted by Gasteiger charge is 2.33. The Labute approximate surface area is 155 Å². The lowest BCUT2D eigenvalue weighted by molar-refractivity contribution is -0.136. The van der Waals surface area contributed by atoms with Crippen molar-refractivity contribution in [3.8, 4) is 0 Å². The number of benzene rings is 2. The molecular weight excluding hydrogens is 359 g/mol. The Morgan fingerprint density at radius 2 is 1.65 bits per heavy atom. The lowest BCUT2D eigenvalue weighted by Gasteiger charge is -2.15. The van der Waals surface area contributed by atoms with Crippen LogP contribution < -0.4 is 10.7 Å². The van der Waals surface area contributed by atoms with E-state index in [1.54, 1.807) is 0 Å². The minimum atomic E-state index is -4.45. The van der Waals surface area contributed by atoms with Crippen molar-refractivity contribution in [1.82, 2.24) is 5.43 Å². The van der Waals surface area contributed by atoms with E-state index in [1.165, 1.54) is 23.8 Å². The average molecular weight is 377 g/mol. The maximum Gasteiger partial charge on any atom is 0.418 e. The molecular formula is C19H18F3N3S. The zero-order valence-corrected chi connectivity index (χ0v) is 14.8. The van der Waals surface area contributed by atoms with Gasteiger partial charge in [0.15, 0.2) is 5.11 Å². The molecule has 0 saturated heterocycles. The molecule has 0 bridgehead atoms. The lowest BCUT2D eigenvalue weighted by atomic mass is 10.0. The molecule has 0 radical (unpaired) electrons. The van der Waals surface area contributed by atoms with Crippen molar-refractivity contribution >= 4 is 28.7 Å². The molecule has 3 rings (SSSR count). The van der Waals surface area contributed by atoms with Gasteiger partial charge in [0.05, 0.1) is 17.0 Å². The van der Waals surface area contributed by atoms with E-state index in [0.29, 0.717) is 0 Å². The van der Waals surface area contributed by atoms with E-state index < -0.39 is 11.7 Å². The highest BCUT2D eigenvalue weighted by molar-refractivity contribution is 7.80. The minimum absolute atomic E-state index is 0.0240. The highest BCUT2D eigenvalue weighted by atomic mass is 32.1. The largest absolute Gasteiger partial charge is 0.418 e. The van der Waals surface area contributed by atoms with Gasteiger partial charge in [-0.05, 0) is 55.6 Å². The maximum atomic E-state index is 13.1. The van der Waals surface area contributed by atoms with E-state index >= 15 is 0 Å². The topological polar surface area (TPSA) is 36.4 Å². The number of hydrazone groups is 1. The molecule has 0 aliphatic heterocycles. The number of thiocarbonyl (C=S) groups is 1. The second kappa shape index (κ2) is 7.86. The molecule has 0 spiro atoms. The van der Waals surface area contributed by atoms with Crippen molar-refractivity contribution < 1.29 is 13.2 Å². The van der Waals surface area contributed by atoms with Crippen molar-refractivity contribution in [1.29, 1.82) is 0 Å². The van der Waals surface area contributed by atoms with E-state index in [1.807, 2.05) is 18.2 Å². The average Bonchev–Trinajstić information content (AvgIpc) is 2.82. The first-order valence-electron chi connectivity index (χ1n) is 8.33. The summed E-state index contributed by atoms with van der Waals surface area (Å²) in [6.45, 7) is 0. The molecule has 7 heteroatoms. The van der Waals surface area contributed by atoms with E-state index in [4.69, 9.17) is 12.2 Å². The third-order valence-electron chi connectivity index (χ3n) is 4.21. The van der Waals surface area contributed by atoms with Crippen LogP contribution in [0.3, 0.4) is 0 Å². The number of nitrogens with zero attached hydrogens (tertiary/aromatic N) is 1. The van der Waals surface area contributed by atoms with Crippen LogP contribution in [-0.2, 0) is 12.6 Å². The van der Waals surface area contributed by atoms with Crippen molar-refractivity contribution in [2.45, 2.75) is 31.9 Å². The summed E-state index contributed by atoms with van der Waals surface area (Å²) >= 11 is 5.12. The molecule has 3 nitrogen and oxygen atoms in total. The van der Waals surface area contributed by atoms with Gasteiger partial charge in [0.2, 0.25) is 0 Å². The predicted molar refractivity (Wildman–Crippen MR) is 101 cm³/mol. The molecule has 136 valence electrons. The summed E-state index contributed by atoms with van der Waals surface area (Å²) in [5, 5.41) is 6.97. The molecule has 0 fully saturated rings. The lowest BCUT2D eigenvalue weighted by Crippen LogP contribution is -2.26. The van der Waals surface area contributed by atoms with Crippen molar-refractivity contribution in [3.05, 3.63) is 65.2 Å². The molecule has 0 heterocycles. The number of anilines is 1. The molecule has 0 amide bonds. The number of aryl methyl sites for hydroxylation is 1. The fourth-order valence-corrected chi connectivity index (χ4v) is 3.14. The van der Waals surface area contributed by atoms with Gasteiger partial charge < -0.3 is 5.32 Å². The van der Waals surface area contributed by atoms with Crippen LogP contribution in [0.4, 0.5) is 18.9 Å². The summed E-state index contributed by atoms with van der Waals surface area (Å²) in [6, 6.07) is 13.2. The molecule has 2 aromatic carbocycles. The first-order valence-corrected chi connectivity index (χ1v) is 8.74. The van der Waals surface area contributed by atoms with Crippen LogP contribution in [-0.4, -0.2) is 10.8 Å². The molecule has 0 atom stereocenters. The second-order valence-electron chi connectivity index (χ2n) is 6.03. The van der Waals surface area contributed by atoms with E-state index in [0.717, 1.165) is 43.0 Å². The fraction of sp³-hybridized carbons (Fsp3) is 0.263. The number of nitrogens with one attached hydrogen (secondary N) is 2. The molecule has 2 aromatic rings. The van der Waals surface area contributed by atoms with Crippen LogP contribution in [0, 0.1) is 0 Å². The van der Waals surface area contributed by atoms with E-state index in [9.17, 15) is 13.2 Å². The van der Waals surface area contributed by atoms with Crippen LogP contribution >= 0.6 is 12.2 Å². The van der Waals surface area contributed by atoms with Gasteiger partial charge >= 0.3 is 6.18 Å². The summed E-state index contributed by atoms with van der Waals surface area (Å²) in [7, 11) is 0. The molecule has 0 unspecified atom stereocenters. The summed E-state index contributed by atoms with van der Waals surface area (Å²) in [6.07, 6.45) is -0.572.